The van der Waals surface area contributed by atoms with E-state index < -0.39 is 31.1 Å². The maximum atomic E-state index is 14.7. The molecule has 3 aromatic carbocycles. The second-order valence-corrected chi connectivity index (χ2v) is 15.2. The maximum Gasteiger partial charge on any atom is 0.392 e. The molecular weight excluding hydrogens is 702 g/mol. The molecule has 6 nitrogen and oxygen atoms in total. The summed E-state index contributed by atoms with van der Waals surface area (Å²) in [6, 6.07) is 17.0. The van der Waals surface area contributed by atoms with Gasteiger partial charge in [-0.3, -0.25) is 4.79 Å². The monoisotopic (exact) mass is 752 g/mol. The average molecular weight is 753 g/mol. The van der Waals surface area contributed by atoms with Crippen molar-refractivity contribution in [2.75, 3.05) is 6.61 Å². The molecular formula is C46H51F3N2O4. The zero-order chi connectivity index (χ0) is 39.4. The molecule has 0 saturated heterocycles. The molecule has 0 aliphatic heterocycles. The van der Waals surface area contributed by atoms with Crippen LogP contribution < -0.4 is 15.3 Å². The third-order valence-electron chi connectivity index (χ3n) is 11.0. The number of allylic oxidation sites excluding steroid dienone is 4. The van der Waals surface area contributed by atoms with Crippen molar-refractivity contribution >= 4 is 51.3 Å². The molecule has 0 spiro atoms. The molecule has 3 unspecified atom stereocenters. The van der Waals surface area contributed by atoms with E-state index >= 15 is 0 Å². The summed E-state index contributed by atoms with van der Waals surface area (Å²) in [4.78, 5) is 32.1. The molecule has 4 aromatic rings. The van der Waals surface area contributed by atoms with Gasteiger partial charge < -0.3 is 14.1 Å². The standard InChI is InChI=1S/C46H51F3N2O4/c1-7-9-14-32(8-2)27-51-40-20-19-33(43(50-55-31(6)52)36-17-12-13-18-41(36)54-22-21-46(47,48)49)25-37(40)38-26-39(34-15-10-11-16-35(34)44(38)51)45(53)42-29(4)23-28(3)24-30(42)5/h10-13,15-18,20,23,25-26,30,32-33H,7-9,14,19,21-22,24,27H2,1-6H3/b50-43-. The molecule has 9 heteroatoms. The van der Waals surface area contributed by atoms with Gasteiger partial charge in [-0.15, -0.1) is 0 Å². The van der Waals surface area contributed by atoms with Crippen LogP contribution in [-0.2, 0) is 16.2 Å². The predicted molar refractivity (Wildman–Crippen MR) is 215 cm³/mol. The van der Waals surface area contributed by atoms with Crippen molar-refractivity contribution in [3.05, 3.63) is 99.1 Å². The summed E-state index contributed by atoms with van der Waals surface area (Å²) >= 11 is 0. The van der Waals surface area contributed by atoms with Crippen LogP contribution in [0.25, 0.3) is 33.8 Å². The summed E-state index contributed by atoms with van der Waals surface area (Å²) < 4.78 is 47.4. The van der Waals surface area contributed by atoms with E-state index in [1.165, 1.54) is 12.5 Å². The number of aromatic nitrogens is 1. The second-order valence-electron chi connectivity index (χ2n) is 15.2. The van der Waals surface area contributed by atoms with Gasteiger partial charge in [0.1, 0.15) is 5.75 Å². The minimum absolute atomic E-state index is 0.0288. The first-order valence-electron chi connectivity index (χ1n) is 19.5. The van der Waals surface area contributed by atoms with Crippen molar-refractivity contribution in [2.45, 2.75) is 99.2 Å². The van der Waals surface area contributed by atoms with Crippen molar-refractivity contribution in [1.29, 1.82) is 0 Å². The summed E-state index contributed by atoms with van der Waals surface area (Å²) in [6.07, 6.45) is 6.63. The summed E-state index contributed by atoms with van der Waals surface area (Å²) in [6.45, 7) is 12.2. The number of nitrogens with zero attached hydrogens (tertiary/aromatic N) is 2. The smallest absolute Gasteiger partial charge is 0.392 e. The number of ketones is 1. The summed E-state index contributed by atoms with van der Waals surface area (Å²) in [5.41, 5.74) is 5.62. The third-order valence-corrected chi connectivity index (χ3v) is 11.0. The summed E-state index contributed by atoms with van der Waals surface area (Å²) in [5.74, 6) is -0.280. The number of oxime groups is 1. The van der Waals surface area contributed by atoms with E-state index in [9.17, 15) is 22.8 Å². The fourth-order valence-electron chi connectivity index (χ4n) is 8.45. The molecule has 0 N–H and O–H groups in total. The highest BCUT2D eigenvalue weighted by atomic mass is 19.4. The number of unbranched alkanes of at least 4 members (excludes halogenated alkanes) is 1. The lowest BCUT2D eigenvalue weighted by Crippen LogP contribution is -2.35. The van der Waals surface area contributed by atoms with Crippen LogP contribution in [0.2, 0.25) is 0 Å². The van der Waals surface area contributed by atoms with Crippen molar-refractivity contribution in [1.82, 2.24) is 4.57 Å². The largest absolute Gasteiger partial charge is 0.493 e. The van der Waals surface area contributed by atoms with Gasteiger partial charge in [-0.1, -0.05) is 105 Å². The lowest BCUT2D eigenvalue weighted by atomic mass is 9.80. The Morgan fingerprint density at radius 2 is 1.73 bits per heavy atom. The number of rotatable bonds is 14. The molecule has 1 heterocycles. The van der Waals surface area contributed by atoms with Crippen molar-refractivity contribution in [3.63, 3.8) is 0 Å². The van der Waals surface area contributed by atoms with Gasteiger partial charge in [0.15, 0.2) is 5.78 Å². The van der Waals surface area contributed by atoms with E-state index in [-0.39, 0.29) is 17.5 Å². The number of carbonyl (C=O) groups excluding carboxylic acids is 2. The summed E-state index contributed by atoms with van der Waals surface area (Å²) in [5, 5.41) is 9.17. The van der Waals surface area contributed by atoms with Crippen LogP contribution in [0.1, 0.15) is 102 Å². The Balaban J connectivity index is 1.59. The van der Waals surface area contributed by atoms with E-state index in [1.807, 2.05) is 25.1 Å². The number of fused-ring (bicyclic) bond motifs is 5. The molecule has 0 radical (unpaired) electrons. The molecule has 2 aliphatic rings. The van der Waals surface area contributed by atoms with Gasteiger partial charge in [0.05, 0.1) is 24.3 Å². The first kappa shape index (κ1) is 39.8. The number of hydrogen-bond acceptors (Lipinski definition) is 5. The van der Waals surface area contributed by atoms with Crippen molar-refractivity contribution in [3.8, 4) is 5.75 Å². The van der Waals surface area contributed by atoms with E-state index in [2.05, 4.69) is 67.8 Å². The number of para-hydroxylation sites is 1. The molecule has 1 aromatic heterocycles. The van der Waals surface area contributed by atoms with Gasteiger partial charge in [0.2, 0.25) is 0 Å². The number of benzene rings is 3. The fourth-order valence-corrected chi connectivity index (χ4v) is 8.45. The quantitative estimate of drug-likeness (QED) is 0.0557. The predicted octanol–water partition coefficient (Wildman–Crippen LogP) is 10.4. The Hall–Kier alpha value is -4.92. The molecule has 2 aliphatic carbocycles. The second kappa shape index (κ2) is 16.8. The van der Waals surface area contributed by atoms with Crippen molar-refractivity contribution in [2.24, 2.45) is 22.9 Å². The van der Waals surface area contributed by atoms with Crippen LogP contribution in [0.4, 0.5) is 13.2 Å². The minimum atomic E-state index is -4.38. The van der Waals surface area contributed by atoms with E-state index in [4.69, 9.17) is 9.57 Å². The Morgan fingerprint density at radius 1 is 1.00 bits per heavy atom. The van der Waals surface area contributed by atoms with E-state index in [1.54, 1.807) is 24.3 Å². The molecule has 0 bridgehead atoms. The van der Waals surface area contributed by atoms with Crippen LogP contribution in [0.15, 0.2) is 82.5 Å². The lowest BCUT2D eigenvalue weighted by Gasteiger charge is -2.23. The highest BCUT2D eigenvalue weighted by molar-refractivity contribution is 6.22. The Kier molecular flexibility index (Phi) is 12.2. The third kappa shape index (κ3) is 8.66. The Labute approximate surface area is 321 Å². The average Bonchev–Trinajstić information content (AvgIpc) is 3.44. The van der Waals surface area contributed by atoms with Crippen LogP contribution in [0.3, 0.4) is 0 Å². The number of alkyl halides is 3. The van der Waals surface area contributed by atoms with Gasteiger partial charge in [-0.2, -0.15) is 13.2 Å². The Bertz CT molecular complexity index is 2330. The van der Waals surface area contributed by atoms with Gasteiger partial charge in [-0.05, 0) is 74.1 Å². The Morgan fingerprint density at radius 3 is 2.42 bits per heavy atom. The SMILES string of the molecule is CCCCC(CC)Cn1c2c(c3cc(C(=O)C4=C(C)C=C(C)CC4C)c4ccccc4c31)=CC(/C(=N/OC(C)=O)c1ccccc1OCCC(F)(F)F)CC=2. The van der Waals surface area contributed by atoms with Crippen LogP contribution in [0.5, 0.6) is 5.75 Å². The molecule has 55 heavy (non-hydrogen) atoms. The van der Waals surface area contributed by atoms with E-state index in [0.717, 1.165) is 82.0 Å². The minimum Gasteiger partial charge on any atom is -0.493 e. The van der Waals surface area contributed by atoms with E-state index in [0.29, 0.717) is 29.2 Å². The molecule has 6 rings (SSSR count). The number of carbonyl (C=O) groups is 2. The van der Waals surface area contributed by atoms with Crippen molar-refractivity contribution < 1.29 is 32.3 Å². The fraction of sp³-hybridized carbons (Fsp3) is 0.413. The lowest BCUT2D eigenvalue weighted by molar-refractivity contribution is -0.141. The number of halogens is 3. The molecule has 3 atom stereocenters. The molecule has 290 valence electrons. The van der Waals surface area contributed by atoms with Gasteiger partial charge in [-0.25, -0.2) is 4.79 Å². The zero-order valence-corrected chi connectivity index (χ0v) is 32.7. The van der Waals surface area contributed by atoms with Gasteiger partial charge in [0, 0.05) is 57.4 Å². The highest BCUT2D eigenvalue weighted by Crippen LogP contribution is 2.36. The maximum absolute atomic E-state index is 14.7. The normalized spacial score (nSPS) is 18.1. The first-order valence-corrected chi connectivity index (χ1v) is 19.5. The zero-order valence-electron chi connectivity index (χ0n) is 32.7. The highest BCUT2D eigenvalue weighted by Gasteiger charge is 2.30. The number of ether oxygens (including phenoxy) is 1. The number of Topliss-reactive ketones (excluding diaryl/α,β-unsaturated/α-hetero) is 1. The van der Waals surface area contributed by atoms with Crippen LogP contribution >= 0.6 is 0 Å². The molecule has 0 fully saturated rings. The topological polar surface area (TPSA) is 69.9 Å². The molecule has 0 amide bonds. The van der Waals surface area contributed by atoms with Gasteiger partial charge in [0.25, 0.3) is 0 Å². The molecule has 0 saturated carbocycles. The van der Waals surface area contributed by atoms with Crippen LogP contribution in [-0.4, -0.2) is 34.8 Å². The van der Waals surface area contributed by atoms with Gasteiger partial charge >= 0.3 is 12.1 Å². The summed E-state index contributed by atoms with van der Waals surface area (Å²) in [7, 11) is 0. The van der Waals surface area contributed by atoms with Crippen LogP contribution in [0, 0.1) is 17.8 Å². The first-order chi connectivity index (χ1) is 26.3. The number of hydrogen-bond donors (Lipinski definition) is 0.